The molecule has 0 spiro atoms. The van der Waals surface area contributed by atoms with E-state index < -0.39 is 0 Å². The quantitative estimate of drug-likeness (QED) is 0.902. The van der Waals surface area contributed by atoms with Crippen molar-refractivity contribution >= 4 is 28.8 Å². The molecule has 2 aromatic rings. The SMILES string of the molecule is C[C@@H](CN)NC(=O)c1cc(-c2ccc(Cl)s2)on1. The second-order valence-corrected chi connectivity index (χ2v) is 5.51. The molecule has 0 unspecified atom stereocenters. The number of aromatic nitrogens is 1. The number of nitrogens with two attached hydrogens (primary N) is 1. The van der Waals surface area contributed by atoms with Crippen LogP contribution in [0, 0.1) is 0 Å². The number of halogens is 1. The molecule has 0 saturated heterocycles. The number of amides is 1. The van der Waals surface area contributed by atoms with Gasteiger partial charge in [0, 0.05) is 18.7 Å². The summed E-state index contributed by atoms with van der Waals surface area (Å²) in [6.45, 7) is 2.19. The van der Waals surface area contributed by atoms with Gasteiger partial charge in [0.1, 0.15) is 0 Å². The summed E-state index contributed by atoms with van der Waals surface area (Å²) in [7, 11) is 0. The first-order chi connectivity index (χ1) is 8.60. The number of carbonyl (C=O) groups excluding carboxylic acids is 1. The van der Waals surface area contributed by atoms with Gasteiger partial charge in [0.2, 0.25) is 0 Å². The van der Waals surface area contributed by atoms with Crippen molar-refractivity contribution in [1.29, 1.82) is 0 Å². The number of nitrogens with one attached hydrogen (secondary N) is 1. The second kappa shape index (κ2) is 5.51. The summed E-state index contributed by atoms with van der Waals surface area (Å²) in [6, 6.07) is 5.06. The third-order valence-electron chi connectivity index (χ3n) is 2.29. The van der Waals surface area contributed by atoms with E-state index in [1.54, 1.807) is 12.1 Å². The average molecular weight is 286 g/mol. The van der Waals surface area contributed by atoms with Gasteiger partial charge in [0.15, 0.2) is 11.5 Å². The maximum atomic E-state index is 11.8. The maximum Gasteiger partial charge on any atom is 0.273 e. The van der Waals surface area contributed by atoms with Crippen LogP contribution >= 0.6 is 22.9 Å². The first kappa shape index (κ1) is 13.1. The Morgan fingerprint density at radius 1 is 1.67 bits per heavy atom. The molecule has 2 heterocycles. The Hall–Kier alpha value is -1.37. The molecule has 0 radical (unpaired) electrons. The summed E-state index contributed by atoms with van der Waals surface area (Å²) in [6.07, 6.45) is 0. The maximum absolute atomic E-state index is 11.8. The highest BCUT2D eigenvalue weighted by Gasteiger charge is 2.15. The van der Waals surface area contributed by atoms with E-state index in [1.165, 1.54) is 11.3 Å². The number of rotatable bonds is 4. The van der Waals surface area contributed by atoms with Crippen molar-refractivity contribution in [3.63, 3.8) is 0 Å². The van der Waals surface area contributed by atoms with E-state index in [9.17, 15) is 4.79 Å². The Morgan fingerprint density at radius 3 is 3.06 bits per heavy atom. The van der Waals surface area contributed by atoms with Crippen LogP contribution in [0.3, 0.4) is 0 Å². The van der Waals surface area contributed by atoms with Crippen molar-refractivity contribution in [1.82, 2.24) is 10.5 Å². The number of hydrogen-bond acceptors (Lipinski definition) is 5. The topological polar surface area (TPSA) is 81.1 Å². The van der Waals surface area contributed by atoms with Gasteiger partial charge in [-0.1, -0.05) is 16.8 Å². The third kappa shape index (κ3) is 2.90. The van der Waals surface area contributed by atoms with Gasteiger partial charge in [-0.15, -0.1) is 11.3 Å². The predicted molar refractivity (Wildman–Crippen MR) is 70.8 cm³/mol. The molecule has 5 nitrogen and oxygen atoms in total. The van der Waals surface area contributed by atoms with Gasteiger partial charge in [-0.25, -0.2) is 0 Å². The first-order valence-electron chi connectivity index (χ1n) is 5.33. The fourth-order valence-corrected chi connectivity index (χ4v) is 2.29. The second-order valence-electron chi connectivity index (χ2n) is 3.79. The highest BCUT2D eigenvalue weighted by molar-refractivity contribution is 7.19. The van der Waals surface area contributed by atoms with Crippen molar-refractivity contribution < 1.29 is 9.32 Å². The Labute approximate surface area is 113 Å². The lowest BCUT2D eigenvalue weighted by atomic mass is 10.3. The minimum absolute atomic E-state index is 0.103. The zero-order valence-corrected chi connectivity index (χ0v) is 11.2. The zero-order valence-electron chi connectivity index (χ0n) is 9.64. The average Bonchev–Trinajstić information content (AvgIpc) is 2.96. The highest BCUT2D eigenvalue weighted by Crippen LogP contribution is 2.31. The van der Waals surface area contributed by atoms with Crippen LogP contribution in [0.4, 0.5) is 0 Å². The Morgan fingerprint density at radius 2 is 2.44 bits per heavy atom. The minimum Gasteiger partial charge on any atom is -0.355 e. The van der Waals surface area contributed by atoms with Crippen molar-refractivity contribution in [2.75, 3.05) is 6.54 Å². The summed E-state index contributed by atoms with van der Waals surface area (Å²) >= 11 is 7.19. The van der Waals surface area contributed by atoms with Gasteiger partial charge in [0.25, 0.3) is 5.91 Å². The van der Waals surface area contributed by atoms with Crippen LogP contribution in [0.15, 0.2) is 22.7 Å². The Balaban J connectivity index is 2.13. The molecular weight excluding hydrogens is 274 g/mol. The molecule has 2 rings (SSSR count). The molecular formula is C11H12ClN3O2S. The van der Waals surface area contributed by atoms with Crippen molar-refractivity contribution in [3.05, 3.63) is 28.2 Å². The van der Waals surface area contributed by atoms with Gasteiger partial charge >= 0.3 is 0 Å². The summed E-state index contributed by atoms with van der Waals surface area (Å²) in [5.41, 5.74) is 5.66. The van der Waals surface area contributed by atoms with E-state index in [4.69, 9.17) is 21.9 Å². The molecule has 3 N–H and O–H groups in total. The fourth-order valence-electron chi connectivity index (χ4n) is 1.30. The van der Waals surface area contributed by atoms with E-state index in [-0.39, 0.29) is 17.6 Å². The molecule has 1 amide bonds. The number of hydrogen-bond donors (Lipinski definition) is 2. The minimum atomic E-state index is -0.300. The smallest absolute Gasteiger partial charge is 0.273 e. The van der Waals surface area contributed by atoms with Gasteiger partial charge in [-0.05, 0) is 19.1 Å². The molecule has 0 bridgehead atoms. The van der Waals surface area contributed by atoms with E-state index in [2.05, 4.69) is 10.5 Å². The molecule has 0 aliphatic heterocycles. The lowest BCUT2D eigenvalue weighted by Gasteiger charge is -2.08. The van der Waals surface area contributed by atoms with Gasteiger partial charge in [0.05, 0.1) is 9.21 Å². The monoisotopic (exact) mass is 285 g/mol. The van der Waals surface area contributed by atoms with Crippen LogP contribution in [0.25, 0.3) is 10.6 Å². The zero-order chi connectivity index (χ0) is 13.1. The number of carbonyl (C=O) groups is 1. The third-order valence-corrected chi connectivity index (χ3v) is 3.54. The van der Waals surface area contributed by atoms with Crippen LogP contribution in [0.2, 0.25) is 4.34 Å². The lowest BCUT2D eigenvalue weighted by Crippen LogP contribution is -2.37. The largest absolute Gasteiger partial charge is 0.355 e. The van der Waals surface area contributed by atoms with Crippen molar-refractivity contribution in [2.24, 2.45) is 5.73 Å². The van der Waals surface area contributed by atoms with Gasteiger partial charge in [-0.2, -0.15) is 0 Å². The molecule has 7 heteroatoms. The van der Waals surface area contributed by atoms with Crippen LogP contribution in [0.5, 0.6) is 0 Å². The van der Waals surface area contributed by atoms with E-state index >= 15 is 0 Å². The summed E-state index contributed by atoms with van der Waals surface area (Å²) in [4.78, 5) is 12.6. The van der Waals surface area contributed by atoms with Crippen LogP contribution < -0.4 is 11.1 Å². The lowest BCUT2D eigenvalue weighted by molar-refractivity contribution is 0.0932. The van der Waals surface area contributed by atoms with E-state index in [1.807, 2.05) is 13.0 Å². The first-order valence-corrected chi connectivity index (χ1v) is 6.53. The number of thiophene rings is 1. The molecule has 0 aliphatic rings. The van der Waals surface area contributed by atoms with Crippen LogP contribution in [0.1, 0.15) is 17.4 Å². The van der Waals surface area contributed by atoms with Gasteiger partial charge < -0.3 is 15.6 Å². The number of nitrogens with zero attached hydrogens (tertiary/aromatic N) is 1. The molecule has 18 heavy (non-hydrogen) atoms. The van der Waals surface area contributed by atoms with E-state index in [0.717, 1.165) is 4.88 Å². The van der Waals surface area contributed by atoms with Crippen LogP contribution in [-0.2, 0) is 0 Å². The van der Waals surface area contributed by atoms with Crippen molar-refractivity contribution in [2.45, 2.75) is 13.0 Å². The summed E-state index contributed by atoms with van der Waals surface area (Å²) in [5.74, 6) is 0.225. The van der Waals surface area contributed by atoms with E-state index in [0.29, 0.717) is 16.6 Å². The Bertz CT molecular complexity index is 552. The highest BCUT2D eigenvalue weighted by atomic mass is 35.5. The molecule has 0 fully saturated rings. The molecule has 96 valence electrons. The molecule has 0 saturated carbocycles. The fraction of sp³-hybridized carbons (Fsp3) is 0.273. The molecule has 0 aliphatic carbocycles. The standard InChI is InChI=1S/C11H12ClN3O2S/c1-6(5-13)14-11(16)7-4-8(17-15-7)9-2-3-10(12)18-9/h2-4,6H,5,13H2,1H3,(H,14,16)/t6-/m0/s1. The summed E-state index contributed by atoms with van der Waals surface area (Å²) in [5, 5.41) is 6.43. The molecule has 0 aromatic carbocycles. The predicted octanol–water partition coefficient (Wildman–Crippen LogP) is 2.13. The van der Waals surface area contributed by atoms with Crippen LogP contribution in [-0.4, -0.2) is 23.7 Å². The summed E-state index contributed by atoms with van der Waals surface area (Å²) < 4.78 is 5.77. The Kier molecular flexibility index (Phi) is 4.00. The van der Waals surface area contributed by atoms with Gasteiger partial charge in [-0.3, -0.25) is 4.79 Å². The normalized spacial score (nSPS) is 12.4. The molecule has 1 atom stereocenters. The van der Waals surface area contributed by atoms with Crippen molar-refractivity contribution in [3.8, 4) is 10.6 Å². The molecule has 2 aromatic heterocycles.